The number of methoxy groups -OCH3 is 1. The van der Waals surface area contributed by atoms with Crippen LogP contribution < -0.4 is 20.1 Å². The average molecular weight is 336 g/mol. The van der Waals surface area contributed by atoms with Crippen LogP contribution in [0.15, 0.2) is 36.4 Å². The van der Waals surface area contributed by atoms with Gasteiger partial charge in [-0.1, -0.05) is 6.07 Å². The molecule has 2 rings (SSSR count). The lowest BCUT2D eigenvalue weighted by molar-refractivity contribution is 0.246. The lowest BCUT2D eigenvalue weighted by atomic mass is 10.2. The van der Waals surface area contributed by atoms with Crippen molar-refractivity contribution in [3.8, 4) is 11.5 Å². The molecule has 24 heavy (non-hydrogen) atoms. The molecule has 0 fully saturated rings. The maximum Gasteiger partial charge on any atom is 0.319 e. The molecule has 7 heteroatoms. The first kappa shape index (κ1) is 17.5. The number of hydrogen-bond acceptors (Lipinski definition) is 3. The Labute approximate surface area is 138 Å². The molecule has 2 aromatic rings. The Morgan fingerprint density at radius 1 is 1.12 bits per heavy atom. The third kappa shape index (κ3) is 4.84. The number of halogens is 2. The molecular weight excluding hydrogens is 318 g/mol. The fourth-order valence-electron chi connectivity index (χ4n) is 2.00. The summed E-state index contributed by atoms with van der Waals surface area (Å²) in [5, 5.41) is 5.24. The fourth-order valence-corrected chi connectivity index (χ4v) is 2.00. The number of carbonyl (C=O) groups excluding carboxylic acids is 1. The molecule has 0 aliphatic carbocycles. The van der Waals surface area contributed by atoms with E-state index in [1.807, 2.05) is 13.0 Å². The van der Waals surface area contributed by atoms with Gasteiger partial charge < -0.3 is 20.1 Å². The maximum absolute atomic E-state index is 13.4. The second-order valence-electron chi connectivity index (χ2n) is 5.01. The minimum atomic E-state index is -0.788. The number of hydrogen-bond donors (Lipinski definition) is 2. The van der Waals surface area contributed by atoms with Crippen molar-refractivity contribution < 1.29 is 23.0 Å². The molecule has 0 saturated carbocycles. The van der Waals surface area contributed by atoms with Gasteiger partial charge in [-0.15, -0.1) is 0 Å². The zero-order valence-corrected chi connectivity index (χ0v) is 13.4. The molecule has 0 spiro atoms. The van der Waals surface area contributed by atoms with E-state index in [-0.39, 0.29) is 18.9 Å². The van der Waals surface area contributed by atoms with E-state index in [2.05, 4.69) is 10.6 Å². The highest BCUT2D eigenvalue weighted by Gasteiger charge is 2.08. The first-order valence-electron chi connectivity index (χ1n) is 7.27. The Kier molecular flexibility index (Phi) is 5.95. The highest BCUT2D eigenvalue weighted by Crippen LogP contribution is 2.24. The molecule has 0 aromatic heterocycles. The van der Waals surface area contributed by atoms with Gasteiger partial charge in [-0.25, -0.2) is 13.6 Å². The maximum atomic E-state index is 13.4. The average Bonchev–Trinajstić information content (AvgIpc) is 2.53. The van der Waals surface area contributed by atoms with Crippen LogP contribution in [-0.4, -0.2) is 26.3 Å². The Hall–Kier alpha value is -2.83. The van der Waals surface area contributed by atoms with Gasteiger partial charge in [-0.2, -0.15) is 0 Å². The molecule has 0 heterocycles. The molecule has 0 radical (unpaired) electrons. The number of aryl methyl sites for hydroxylation is 1. The summed E-state index contributed by atoms with van der Waals surface area (Å²) in [6.45, 7) is 2.09. The molecule has 2 aromatic carbocycles. The van der Waals surface area contributed by atoms with Gasteiger partial charge in [-0.05, 0) is 36.8 Å². The van der Waals surface area contributed by atoms with Crippen molar-refractivity contribution in [2.24, 2.45) is 0 Å². The number of amides is 2. The predicted octanol–water partition coefficient (Wildman–Crippen LogP) is 3.48. The summed E-state index contributed by atoms with van der Waals surface area (Å²) in [5.41, 5.74) is 1.52. The Balaban J connectivity index is 1.80. The summed E-state index contributed by atoms with van der Waals surface area (Å²) >= 11 is 0. The third-order valence-electron chi connectivity index (χ3n) is 3.14. The number of benzene rings is 2. The normalized spacial score (nSPS) is 10.2. The van der Waals surface area contributed by atoms with E-state index in [4.69, 9.17) is 9.47 Å². The molecule has 0 saturated heterocycles. The Morgan fingerprint density at radius 2 is 1.88 bits per heavy atom. The number of ether oxygens (including phenoxy) is 2. The number of nitrogens with one attached hydrogen (secondary N) is 2. The van der Waals surface area contributed by atoms with Crippen LogP contribution in [0.4, 0.5) is 19.3 Å². The van der Waals surface area contributed by atoms with Gasteiger partial charge in [0.25, 0.3) is 0 Å². The molecule has 2 N–H and O–H groups in total. The van der Waals surface area contributed by atoms with Gasteiger partial charge in [0.15, 0.2) is 11.6 Å². The summed E-state index contributed by atoms with van der Waals surface area (Å²) in [7, 11) is 1.51. The van der Waals surface area contributed by atoms with Gasteiger partial charge in [0, 0.05) is 6.07 Å². The van der Waals surface area contributed by atoms with Crippen LogP contribution in [0.1, 0.15) is 5.56 Å². The summed E-state index contributed by atoms with van der Waals surface area (Å²) in [6, 6.07) is 7.99. The topological polar surface area (TPSA) is 59.6 Å². The van der Waals surface area contributed by atoms with E-state index in [0.29, 0.717) is 11.4 Å². The molecule has 0 bridgehead atoms. The highest BCUT2D eigenvalue weighted by molar-refractivity contribution is 5.91. The summed E-state index contributed by atoms with van der Waals surface area (Å²) in [6.07, 6.45) is 0. The zero-order chi connectivity index (χ0) is 17.5. The monoisotopic (exact) mass is 336 g/mol. The van der Waals surface area contributed by atoms with E-state index in [9.17, 15) is 13.6 Å². The molecule has 0 unspecified atom stereocenters. The van der Waals surface area contributed by atoms with Crippen LogP contribution in [-0.2, 0) is 0 Å². The Morgan fingerprint density at radius 3 is 2.58 bits per heavy atom. The Bertz CT molecular complexity index is 723. The lowest BCUT2D eigenvalue weighted by Gasteiger charge is -2.12. The summed E-state index contributed by atoms with van der Waals surface area (Å²) in [5.74, 6) is -0.993. The molecule has 0 aliphatic rings. The summed E-state index contributed by atoms with van der Waals surface area (Å²) in [4.78, 5) is 11.9. The molecule has 2 amide bonds. The number of anilines is 1. The van der Waals surface area contributed by atoms with Crippen LogP contribution >= 0.6 is 0 Å². The van der Waals surface area contributed by atoms with E-state index in [1.54, 1.807) is 12.1 Å². The van der Waals surface area contributed by atoms with Gasteiger partial charge in [-0.3, -0.25) is 0 Å². The number of carbonyl (C=O) groups is 1. The zero-order valence-electron chi connectivity index (χ0n) is 13.4. The van der Waals surface area contributed by atoms with Crippen molar-refractivity contribution in [3.05, 3.63) is 53.6 Å². The molecule has 128 valence electrons. The van der Waals surface area contributed by atoms with E-state index in [1.165, 1.54) is 13.2 Å². The van der Waals surface area contributed by atoms with Gasteiger partial charge in [0.1, 0.15) is 18.2 Å². The summed E-state index contributed by atoms with van der Waals surface area (Å²) < 4.78 is 36.4. The van der Waals surface area contributed by atoms with Crippen LogP contribution in [0.2, 0.25) is 0 Å². The van der Waals surface area contributed by atoms with E-state index < -0.39 is 17.7 Å². The second kappa shape index (κ2) is 8.14. The van der Waals surface area contributed by atoms with Crippen molar-refractivity contribution in [2.45, 2.75) is 6.92 Å². The first-order valence-corrected chi connectivity index (χ1v) is 7.27. The predicted molar refractivity (Wildman–Crippen MR) is 86.6 cm³/mol. The first-order chi connectivity index (χ1) is 11.5. The fraction of sp³-hybridized carbons (Fsp3) is 0.235. The SMILES string of the molecule is COc1ccc(C)cc1NC(=O)NCCOc1ccc(F)cc1F. The highest BCUT2D eigenvalue weighted by atomic mass is 19.1. The van der Waals surface area contributed by atoms with Crippen LogP contribution in [0.5, 0.6) is 11.5 Å². The minimum Gasteiger partial charge on any atom is -0.495 e. The number of rotatable bonds is 6. The van der Waals surface area contributed by atoms with Gasteiger partial charge in [0.05, 0.1) is 19.3 Å². The van der Waals surface area contributed by atoms with Crippen molar-refractivity contribution in [3.63, 3.8) is 0 Å². The quantitative estimate of drug-likeness (QED) is 0.794. The lowest BCUT2D eigenvalue weighted by Crippen LogP contribution is -2.32. The van der Waals surface area contributed by atoms with Crippen LogP contribution in [0, 0.1) is 18.6 Å². The van der Waals surface area contributed by atoms with Crippen molar-refractivity contribution in [1.82, 2.24) is 5.32 Å². The van der Waals surface area contributed by atoms with E-state index >= 15 is 0 Å². The molecular formula is C17H18F2N2O3. The second-order valence-corrected chi connectivity index (χ2v) is 5.01. The largest absolute Gasteiger partial charge is 0.495 e. The van der Waals surface area contributed by atoms with Crippen LogP contribution in [0.25, 0.3) is 0 Å². The number of urea groups is 1. The molecule has 5 nitrogen and oxygen atoms in total. The van der Waals surface area contributed by atoms with Gasteiger partial charge in [0.2, 0.25) is 0 Å². The standard InChI is InChI=1S/C17H18F2N2O3/c1-11-3-5-16(23-2)14(9-11)21-17(22)20-7-8-24-15-6-4-12(18)10-13(15)19/h3-6,9-10H,7-8H2,1-2H3,(H2,20,21,22). The smallest absolute Gasteiger partial charge is 0.319 e. The third-order valence-corrected chi connectivity index (χ3v) is 3.14. The van der Waals surface area contributed by atoms with Crippen molar-refractivity contribution >= 4 is 11.7 Å². The van der Waals surface area contributed by atoms with E-state index in [0.717, 1.165) is 17.7 Å². The molecule has 0 atom stereocenters. The minimum absolute atomic E-state index is 0.0426. The molecule has 0 aliphatic heterocycles. The van der Waals surface area contributed by atoms with Crippen LogP contribution in [0.3, 0.4) is 0 Å². The van der Waals surface area contributed by atoms with Crippen molar-refractivity contribution in [1.29, 1.82) is 0 Å². The van der Waals surface area contributed by atoms with Crippen molar-refractivity contribution in [2.75, 3.05) is 25.6 Å². The van der Waals surface area contributed by atoms with Gasteiger partial charge >= 0.3 is 6.03 Å².